The molecule has 0 aliphatic carbocycles. The first-order chi connectivity index (χ1) is 12.6. The zero-order chi connectivity index (χ0) is 18.5. The molecule has 0 aliphatic rings. The van der Waals surface area contributed by atoms with Gasteiger partial charge in [0.15, 0.2) is 10.6 Å². The number of aromatic nitrogens is 1. The molecule has 1 aromatic heterocycles. The van der Waals surface area contributed by atoms with Crippen LogP contribution in [0.2, 0.25) is 0 Å². The van der Waals surface area contributed by atoms with Crippen LogP contribution in [-0.4, -0.2) is 10.4 Å². The van der Waals surface area contributed by atoms with E-state index in [2.05, 4.69) is 21.7 Å². The van der Waals surface area contributed by atoms with Crippen LogP contribution >= 0.6 is 11.3 Å². The van der Waals surface area contributed by atoms with Crippen LogP contribution in [0.3, 0.4) is 0 Å². The lowest BCUT2D eigenvalue weighted by Gasteiger charge is -2.01. The van der Waals surface area contributed by atoms with E-state index in [9.17, 15) is 4.79 Å². The average Bonchev–Trinajstić information content (AvgIpc) is 2.97. The maximum Gasteiger partial charge on any atom is 0.190 e. The number of hydrogen-bond donors (Lipinski definition) is 0. The van der Waals surface area contributed by atoms with Crippen molar-refractivity contribution in [2.24, 2.45) is 15.2 Å². The molecule has 6 heteroatoms. The quantitative estimate of drug-likeness (QED) is 0.421. The Morgan fingerprint density at radius 1 is 0.962 bits per heavy atom. The van der Waals surface area contributed by atoms with E-state index in [0.29, 0.717) is 0 Å². The van der Waals surface area contributed by atoms with Gasteiger partial charge in [0.1, 0.15) is 0 Å². The summed E-state index contributed by atoms with van der Waals surface area (Å²) in [5.74, 6) is 0.0767. The minimum Gasteiger partial charge on any atom is -0.321 e. The summed E-state index contributed by atoms with van der Waals surface area (Å²) in [7, 11) is 0. The fourth-order valence-electron chi connectivity index (χ4n) is 2.58. The monoisotopic (exact) mass is 364 g/mol. The highest BCUT2D eigenvalue weighted by Gasteiger charge is 2.12. The predicted octanol–water partition coefficient (Wildman–Crippen LogP) is 5.73. The van der Waals surface area contributed by atoms with E-state index in [1.165, 1.54) is 11.3 Å². The second-order valence-corrected chi connectivity index (χ2v) is 6.74. The number of ketones is 1. The van der Waals surface area contributed by atoms with Gasteiger partial charge in [-0.2, -0.15) is 10.2 Å². The molecule has 5 nitrogen and oxygen atoms in total. The maximum atomic E-state index is 11.8. The van der Waals surface area contributed by atoms with Gasteiger partial charge in [0, 0.05) is 19.2 Å². The first-order valence-electron chi connectivity index (χ1n) is 8.41. The number of hydrogen-bond acceptors (Lipinski definition) is 5. The Morgan fingerprint density at radius 3 is 2.12 bits per heavy atom. The van der Waals surface area contributed by atoms with Crippen molar-refractivity contribution in [1.29, 1.82) is 0 Å². The van der Waals surface area contributed by atoms with Crippen molar-refractivity contribution < 1.29 is 4.79 Å². The smallest absolute Gasteiger partial charge is 0.190 e. The summed E-state index contributed by atoms with van der Waals surface area (Å²) in [6.07, 6.45) is 0. The van der Waals surface area contributed by atoms with Crippen LogP contribution in [0.4, 0.5) is 17.1 Å². The molecule has 0 saturated heterocycles. The number of thiazole rings is 1. The number of benzene rings is 2. The Hall–Kier alpha value is -2.86. The van der Waals surface area contributed by atoms with Crippen molar-refractivity contribution in [1.82, 2.24) is 4.57 Å². The van der Waals surface area contributed by atoms with Crippen molar-refractivity contribution in [3.63, 3.8) is 0 Å². The third-order valence-corrected chi connectivity index (χ3v) is 5.19. The van der Waals surface area contributed by atoms with E-state index in [4.69, 9.17) is 4.99 Å². The number of azo groups is 1. The molecule has 3 rings (SSSR count). The van der Waals surface area contributed by atoms with Gasteiger partial charge in [-0.1, -0.05) is 29.5 Å². The molecule has 3 aromatic rings. The lowest BCUT2D eigenvalue weighted by Crippen LogP contribution is -2.14. The molecule has 0 atom stereocenters. The number of carbonyl (C=O) groups is 1. The largest absolute Gasteiger partial charge is 0.321 e. The summed E-state index contributed by atoms with van der Waals surface area (Å²) in [5.41, 5.74) is 3.37. The van der Waals surface area contributed by atoms with Crippen LogP contribution in [0.1, 0.15) is 29.2 Å². The normalized spacial score (nSPS) is 12.0. The second-order valence-electron chi connectivity index (χ2n) is 5.76. The van der Waals surface area contributed by atoms with Crippen molar-refractivity contribution >= 4 is 34.2 Å². The molecule has 1 heterocycles. The van der Waals surface area contributed by atoms with Crippen LogP contribution in [0, 0.1) is 6.92 Å². The van der Waals surface area contributed by atoms with Crippen LogP contribution in [0.25, 0.3) is 0 Å². The standard InChI is InChI=1S/C20H20N4OS/c1-4-24-14(2)19(15(3)25)26-20(24)21-16-10-12-18(13-11-16)23-22-17-8-6-5-7-9-17/h5-13H,4H2,1-3H3. The zero-order valence-corrected chi connectivity index (χ0v) is 15.8. The molecule has 0 bridgehead atoms. The third-order valence-electron chi connectivity index (χ3n) is 3.91. The van der Waals surface area contributed by atoms with Gasteiger partial charge in [-0.3, -0.25) is 4.79 Å². The van der Waals surface area contributed by atoms with Crippen molar-refractivity contribution in [3.8, 4) is 0 Å². The van der Waals surface area contributed by atoms with Gasteiger partial charge in [-0.05, 0) is 50.2 Å². The van der Waals surface area contributed by atoms with Crippen LogP contribution < -0.4 is 4.80 Å². The molecule has 2 aromatic carbocycles. The van der Waals surface area contributed by atoms with E-state index < -0.39 is 0 Å². The lowest BCUT2D eigenvalue weighted by molar-refractivity contribution is 0.102. The minimum absolute atomic E-state index is 0.0767. The molecule has 0 saturated carbocycles. The van der Waals surface area contributed by atoms with Gasteiger partial charge in [0.25, 0.3) is 0 Å². The van der Waals surface area contributed by atoms with Crippen LogP contribution in [0.15, 0.2) is 69.8 Å². The average molecular weight is 364 g/mol. The summed E-state index contributed by atoms with van der Waals surface area (Å²) in [5, 5.41) is 8.44. The number of Topliss-reactive ketones (excluding diaryl/α,β-unsaturated/α-hetero) is 1. The number of carbonyl (C=O) groups excluding carboxylic acids is 1. The summed E-state index contributed by atoms with van der Waals surface area (Å²) in [6.45, 7) is 6.38. The van der Waals surface area contributed by atoms with Crippen molar-refractivity contribution in [2.45, 2.75) is 27.3 Å². The molecule has 26 heavy (non-hydrogen) atoms. The fourth-order valence-corrected chi connectivity index (χ4v) is 3.69. The Labute approximate surface area is 156 Å². The number of rotatable bonds is 5. The first-order valence-corrected chi connectivity index (χ1v) is 9.23. The molecule has 0 aliphatic heterocycles. The highest BCUT2D eigenvalue weighted by Crippen LogP contribution is 2.22. The van der Waals surface area contributed by atoms with Gasteiger partial charge in [0.05, 0.1) is 21.9 Å². The molecule has 0 fully saturated rings. The van der Waals surface area contributed by atoms with Gasteiger partial charge in [0.2, 0.25) is 0 Å². The summed E-state index contributed by atoms with van der Waals surface area (Å²) >= 11 is 1.43. The SMILES string of the molecule is CCn1c(C)c(C(C)=O)sc1=Nc1ccc(N=Nc2ccccc2)cc1. The Bertz CT molecular complexity index is 999. The molecule has 132 valence electrons. The van der Waals surface area contributed by atoms with E-state index >= 15 is 0 Å². The van der Waals surface area contributed by atoms with E-state index in [1.807, 2.05) is 61.5 Å². The summed E-state index contributed by atoms with van der Waals surface area (Å²) < 4.78 is 2.06. The topological polar surface area (TPSA) is 59.1 Å². The van der Waals surface area contributed by atoms with Crippen LogP contribution in [0.5, 0.6) is 0 Å². The Kier molecular flexibility index (Phi) is 5.53. The van der Waals surface area contributed by atoms with E-state index in [0.717, 1.165) is 39.0 Å². The molecule has 0 N–H and O–H groups in total. The molecule has 0 unspecified atom stereocenters. The second kappa shape index (κ2) is 8.01. The van der Waals surface area contributed by atoms with Gasteiger partial charge < -0.3 is 4.57 Å². The highest BCUT2D eigenvalue weighted by molar-refractivity contribution is 7.11. The lowest BCUT2D eigenvalue weighted by atomic mass is 10.3. The third kappa shape index (κ3) is 4.03. The van der Waals surface area contributed by atoms with Gasteiger partial charge in [-0.15, -0.1) is 0 Å². The van der Waals surface area contributed by atoms with Gasteiger partial charge >= 0.3 is 0 Å². The highest BCUT2D eigenvalue weighted by atomic mass is 32.1. The molecule has 0 amide bonds. The predicted molar refractivity (Wildman–Crippen MR) is 105 cm³/mol. The van der Waals surface area contributed by atoms with Crippen LogP contribution in [-0.2, 0) is 6.54 Å². The molecule has 0 spiro atoms. The van der Waals surface area contributed by atoms with E-state index in [1.54, 1.807) is 6.92 Å². The first kappa shape index (κ1) is 17.9. The fraction of sp³-hybridized carbons (Fsp3) is 0.200. The number of nitrogens with zero attached hydrogens (tertiary/aromatic N) is 4. The Balaban J connectivity index is 1.88. The van der Waals surface area contributed by atoms with Gasteiger partial charge in [-0.25, -0.2) is 4.99 Å². The molecule has 0 radical (unpaired) electrons. The summed E-state index contributed by atoms with van der Waals surface area (Å²) in [4.78, 5) is 18.0. The van der Waals surface area contributed by atoms with E-state index in [-0.39, 0.29) is 5.78 Å². The summed E-state index contributed by atoms with van der Waals surface area (Å²) in [6, 6.07) is 17.2. The zero-order valence-electron chi connectivity index (χ0n) is 15.0. The van der Waals surface area contributed by atoms with Crippen molar-refractivity contribution in [3.05, 3.63) is 70.0 Å². The Morgan fingerprint density at radius 2 is 1.54 bits per heavy atom. The molecular formula is C20H20N4OS. The van der Waals surface area contributed by atoms with Crippen molar-refractivity contribution in [2.75, 3.05) is 0 Å². The molecular weight excluding hydrogens is 344 g/mol. The maximum absolute atomic E-state index is 11.8. The minimum atomic E-state index is 0.0767.